The molecule has 0 unspecified atom stereocenters. The van der Waals surface area contributed by atoms with Crippen LogP contribution in [0.1, 0.15) is 81.3 Å². The number of aromatic nitrogens is 3. The third-order valence-electron chi connectivity index (χ3n) is 8.41. The molecule has 0 aliphatic carbocycles. The maximum absolute atomic E-state index is 6.22. The number of fused-ring (bicyclic) bond motifs is 7. The van der Waals surface area contributed by atoms with Gasteiger partial charge in [0.25, 0.3) is 0 Å². The van der Waals surface area contributed by atoms with E-state index in [1.165, 1.54) is 17.1 Å². The lowest BCUT2D eigenvalue weighted by molar-refractivity contribution is 0.569. The molecule has 2 aliphatic heterocycles. The molecule has 5 nitrogen and oxygen atoms in total. The van der Waals surface area contributed by atoms with Crippen molar-refractivity contribution in [2.24, 2.45) is 4.99 Å². The van der Waals surface area contributed by atoms with Crippen molar-refractivity contribution in [3.63, 3.8) is 0 Å². The highest BCUT2D eigenvalue weighted by atomic mass is 14.9. The van der Waals surface area contributed by atoms with Crippen LogP contribution in [0.3, 0.4) is 0 Å². The second kappa shape index (κ2) is 7.75. The minimum Gasteiger partial charge on any atom is -0.399 e. The Morgan fingerprint density at radius 1 is 0.622 bits per heavy atom. The molecule has 8 bridgehead atoms. The largest absolute Gasteiger partial charge is 0.399 e. The first-order valence-corrected chi connectivity index (χ1v) is 12.9. The lowest BCUT2D eigenvalue weighted by Crippen LogP contribution is -2.28. The van der Waals surface area contributed by atoms with Gasteiger partial charge in [0.05, 0.1) is 11.4 Å². The van der Waals surface area contributed by atoms with Crippen molar-refractivity contribution in [2.75, 3.05) is 5.73 Å². The van der Waals surface area contributed by atoms with E-state index in [0.29, 0.717) is 0 Å². The SMILES string of the molecule is CC1(C)C2=N/C(=C(/c3cccc(N)c3)c3ccc([nH]3)C(C)(C)c3ccc([nH]3)C(C)(C)c3ccc1[nH]3)C=C2. The first kappa shape index (κ1) is 23.4. The molecule has 3 aromatic heterocycles. The van der Waals surface area contributed by atoms with Crippen molar-refractivity contribution in [3.8, 4) is 0 Å². The summed E-state index contributed by atoms with van der Waals surface area (Å²) in [5.74, 6) is 0. The molecule has 0 atom stereocenters. The third-order valence-corrected chi connectivity index (χ3v) is 8.41. The van der Waals surface area contributed by atoms with Gasteiger partial charge in [0, 0.05) is 61.7 Å². The van der Waals surface area contributed by atoms with Crippen LogP contribution in [-0.4, -0.2) is 20.7 Å². The van der Waals surface area contributed by atoms with E-state index in [0.717, 1.165) is 45.3 Å². The van der Waals surface area contributed by atoms with Gasteiger partial charge in [-0.1, -0.05) is 12.1 Å². The molecular weight excluding hydrogens is 454 g/mol. The number of nitrogens with zero attached hydrogens (tertiary/aromatic N) is 1. The number of nitrogens with one attached hydrogen (secondary N) is 3. The average molecular weight is 490 g/mol. The molecular formula is C32H35N5. The fourth-order valence-corrected chi connectivity index (χ4v) is 5.57. The number of nitrogen functional groups attached to an aromatic ring is 1. The number of benzene rings is 1. The highest BCUT2D eigenvalue weighted by Crippen LogP contribution is 2.40. The van der Waals surface area contributed by atoms with Gasteiger partial charge >= 0.3 is 0 Å². The Morgan fingerprint density at radius 3 is 1.76 bits per heavy atom. The summed E-state index contributed by atoms with van der Waals surface area (Å²) in [4.78, 5) is 16.5. The number of rotatable bonds is 1. The average Bonchev–Trinajstić information content (AvgIpc) is 3.65. The van der Waals surface area contributed by atoms with Crippen molar-refractivity contribution in [1.82, 2.24) is 15.0 Å². The topological polar surface area (TPSA) is 85.8 Å². The van der Waals surface area contributed by atoms with Crippen LogP contribution in [0.2, 0.25) is 0 Å². The van der Waals surface area contributed by atoms with E-state index < -0.39 is 0 Å². The van der Waals surface area contributed by atoms with Gasteiger partial charge in [-0.3, -0.25) is 4.99 Å². The molecule has 0 saturated heterocycles. The van der Waals surface area contributed by atoms with E-state index >= 15 is 0 Å². The minimum atomic E-state index is -0.297. The molecule has 5 N–H and O–H groups in total. The molecule has 0 radical (unpaired) electrons. The highest BCUT2D eigenvalue weighted by molar-refractivity contribution is 6.07. The molecule has 188 valence electrons. The molecule has 6 rings (SSSR count). The van der Waals surface area contributed by atoms with Gasteiger partial charge in [-0.2, -0.15) is 0 Å². The molecule has 0 fully saturated rings. The number of aromatic amines is 3. The van der Waals surface area contributed by atoms with Crippen molar-refractivity contribution < 1.29 is 0 Å². The lowest BCUT2D eigenvalue weighted by Gasteiger charge is -2.27. The number of nitrogens with two attached hydrogens (primary N) is 1. The summed E-state index contributed by atoms with van der Waals surface area (Å²) in [6, 6.07) is 21.3. The number of H-pyrrole nitrogens is 3. The van der Waals surface area contributed by atoms with Crippen LogP contribution in [0.4, 0.5) is 5.69 Å². The maximum atomic E-state index is 6.22. The first-order chi connectivity index (χ1) is 17.5. The highest BCUT2D eigenvalue weighted by Gasteiger charge is 2.35. The molecule has 4 aromatic rings. The molecule has 37 heavy (non-hydrogen) atoms. The van der Waals surface area contributed by atoms with Gasteiger partial charge in [0.15, 0.2) is 0 Å². The maximum Gasteiger partial charge on any atom is 0.0733 e. The first-order valence-electron chi connectivity index (χ1n) is 12.9. The van der Waals surface area contributed by atoms with E-state index in [4.69, 9.17) is 10.7 Å². The quantitative estimate of drug-likeness (QED) is 0.214. The number of hydrogen-bond donors (Lipinski definition) is 4. The van der Waals surface area contributed by atoms with E-state index in [9.17, 15) is 0 Å². The van der Waals surface area contributed by atoms with Gasteiger partial charge in [-0.25, -0.2) is 0 Å². The fraction of sp³-hybridized carbons (Fsp3) is 0.281. The molecule has 1 aromatic carbocycles. The van der Waals surface area contributed by atoms with E-state index in [1.807, 2.05) is 18.2 Å². The van der Waals surface area contributed by atoms with Gasteiger partial charge in [-0.15, -0.1) is 0 Å². The molecule has 0 saturated carbocycles. The second-order valence-electron chi connectivity index (χ2n) is 11.9. The smallest absolute Gasteiger partial charge is 0.0733 e. The zero-order chi connectivity index (χ0) is 26.2. The zero-order valence-corrected chi connectivity index (χ0v) is 22.5. The number of hydrogen-bond acceptors (Lipinski definition) is 2. The van der Waals surface area contributed by atoms with Crippen molar-refractivity contribution in [3.05, 3.63) is 118 Å². The van der Waals surface area contributed by atoms with Crippen molar-refractivity contribution in [2.45, 2.75) is 57.8 Å². The minimum absolute atomic E-state index is 0.209. The lowest BCUT2D eigenvalue weighted by atomic mass is 9.84. The van der Waals surface area contributed by atoms with Crippen LogP contribution in [-0.2, 0) is 16.2 Å². The summed E-state index contributed by atoms with van der Waals surface area (Å²) >= 11 is 0. The molecule has 5 heterocycles. The Hall–Kier alpha value is -3.99. The van der Waals surface area contributed by atoms with Crippen LogP contribution < -0.4 is 5.73 Å². The Labute approximate surface area is 218 Å². The molecule has 0 amide bonds. The Bertz CT molecular complexity index is 1610. The van der Waals surface area contributed by atoms with Crippen LogP contribution in [0.15, 0.2) is 83.5 Å². The third kappa shape index (κ3) is 3.56. The molecule has 5 heteroatoms. The summed E-state index contributed by atoms with van der Waals surface area (Å²) in [5, 5.41) is 0. The van der Waals surface area contributed by atoms with Crippen LogP contribution in [0.25, 0.3) is 5.57 Å². The summed E-state index contributed by atoms with van der Waals surface area (Å²) in [6.45, 7) is 13.5. The summed E-state index contributed by atoms with van der Waals surface area (Å²) in [7, 11) is 0. The summed E-state index contributed by atoms with van der Waals surface area (Å²) in [5.41, 5.74) is 17.1. The molecule has 2 aliphatic rings. The van der Waals surface area contributed by atoms with E-state index in [-0.39, 0.29) is 16.2 Å². The van der Waals surface area contributed by atoms with Crippen LogP contribution in [0, 0.1) is 0 Å². The predicted octanol–water partition coefficient (Wildman–Crippen LogP) is 6.97. The van der Waals surface area contributed by atoms with E-state index in [1.54, 1.807) is 0 Å². The van der Waals surface area contributed by atoms with Gasteiger partial charge in [0.2, 0.25) is 0 Å². The normalized spacial score (nSPS) is 21.2. The zero-order valence-electron chi connectivity index (χ0n) is 22.5. The number of allylic oxidation sites excluding steroid dienone is 2. The van der Waals surface area contributed by atoms with Crippen LogP contribution >= 0.6 is 0 Å². The van der Waals surface area contributed by atoms with Gasteiger partial charge in [0.1, 0.15) is 0 Å². The Balaban J connectivity index is 1.64. The summed E-state index contributed by atoms with van der Waals surface area (Å²) < 4.78 is 0. The Kier molecular flexibility index (Phi) is 4.91. The molecule has 0 spiro atoms. The van der Waals surface area contributed by atoms with Crippen LogP contribution in [0.5, 0.6) is 0 Å². The number of aliphatic imine (C=N–C) groups is 1. The standard InChI is InChI=1S/C32H35N5/c1-30(2)23-12-10-21(34-23)29(19-8-7-9-20(33)18-19)22-11-13-24(35-22)31(3,4)26-15-17-28(37-26)32(5,6)27-16-14-25(30)36-27/h7-18,34,36-37H,33H2,1-6H3/b29-22-. The van der Waals surface area contributed by atoms with Crippen molar-refractivity contribution in [1.29, 1.82) is 0 Å². The monoisotopic (exact) mass is 489 g/mol. The predicted molar refractivity (Wildman–Crippen MR) is 153 cm³/mol. The second-order valence-corrected chi connectivity index (χ2v) is 11.9. The van der Waals surface area contributed by atoms with E-state index in [2.05, 4.69) is 111 Å². The van der Waals surface area contributed by atoms with Crippen molar-refractivity contribution >= 4 is 17.0 Å². The Morgan fingerprint density at radius 2 is 1.16 bits per heavy atom. The summed E-state index contributed by atoms with van der Waals surface area (Å²) in [6.07, 6.45) is 4.28. The fourth-order valence-electron chi connectivity index (χ4n) is 5.57. The van der Waals surface area contributed by atoms with Gasteiger partial charge in [-0.05, 0) is 108 Å². The van der Waals surface area contributed by atoms with Gasteiger partial charge < -0.3 is 20.7 Å². The number of anilines is 1.